The van der Waals surface area contributed by atoms with Gasteiger partial charge in [0.1, 0.15) is 22.8 Å². The van der Waals surface area contributed by atoms with Crippen LogP contribution in [-0.4, -0.2) is 170 Å². The maximum absolute atomic E-state index is 10.4. The molecule has 6 heterocycles. The van der Waals surface area contributed by atoms with E-state index >= 15 is 0 Å². The Morgan fingerprint density at radius 1 is 0.348 bits per heavy atom. The molecule has 0 aliphatic heterocycles. The Bertz CT molecular complexity index is 4770. The van der Waals surface area contributed by atoms with Crippen LogP contribution in [0.5, 0.6) is 5.75 Å². The number of hydrogen-bond acceptors (Lipinski definition) is 17. The number of aromatic nitrogens is 6. The smallest absolute Gasteiger partial charge is 0.354 e. The summed E-state index contributed by atoms with van der Waals surface area (Å²) in [6.07, 6.45) is 12.9. The van der Waals surface area contributed by atoms with Crippen LogP contribution in [-0.2, 0) is 129 Å². The van der Waals surface area contributed by atoms with E-state index in [1.165, 1.54) is 92.8 Å². The van der Waals surface area contributed by atoms with Gasteiger partial charge in [-0.1, -0.05) is 130 Å². The third-order valence-corrected chi connectivity index (χ3v) is 16.9. The molecule has 15 N–H and O–H groups in total. The second kappa shape index (κ2) is 84.4. The predicted octanol–water partition coefficient (Wildman–Crippen LogP) is 22.1. The van der Waals surface area contributed by atoms with Gasteiger partial charge >= 0.3 is 35.1 Å². The summed E-state index contributed by atoms with van der Waals surface area (Å²) in [4.78, 5) is 119. The average Bonchev–Trinajstić information content (AvgIpc) is 0.895. The van der Waals surface area contributed by atoms with Gasteiger partial charge in [0.25, 0.3) is 23.9 Å². The van der Waals surface area contributed by atoms with Gasteiger partial charge in [0.15, 0.2) is 5.60 Å². The number of benzene rings is 6. The summed E-state index contributed by atoms with van der Waals surface area (Å²) in [5.41, 5.74) is 8.25. The van der Waals surface area contributed by atoms with Gasteiger partial charge < -0.3 is 107 Å². The number of carbonyl (C=O) groups excluding carboxylic acids is 4. The average molecular weight is 2830 g/mol. The number of aliphatic hydroxyl groups is 4. The van der Waals surface area contributed by atoms with Crippen molar-refractivity contribution in [1.29, 1.82) is 0 Å². The summed E-state index contributed by atoms with van der Waals surface area (Å²) in [7, 11) is 0. The summed E-state index contributed by atoms with van der Waals surface area (Å²) in [6, 6.07) is 95.5. The number of aromatic carboxylic acids is 1. The van der Waals surface area contributed by atoms with E-state index in [-0.39, 0.29) is 170 Å². The molecule has 0 saturated heterocycles. The van der Waals surface area contributed by atoms with Crippen LogP contribution >= 0.6 is 0 Å². The third-order valence-electron chi connectivity index (χ3n) is 16.9. The number of nitrogens with zero attached hydrogens (tertiary/aromatic N) is 6. The first-order valence-electron chi connectivity index (χ1n) is 41.5. The fraction of sp³-hybridized carbons (Fsp3) is 0.211. The van der Waals surface area contributed by atoms with E-state index in [1.54, 1.807) is 95.9 Å². The molecule has 141 heavy (non-hydrogen) atoms. The van der Waals surface area contributed by atoms with Crippen molar-refractivity contribution < 1.29 is 209 Å². The Morgan fingerprint density at radius 3 is 0.667 bits per heavy atom. The number of aliphatic hydroxyl groups excluding tert-OH is 3. The van der Waals surface area contributed by atoms with Crippen molar-refractivity contribution in [1.82, 2.24) is 29.9 Å². The quantitative estimate of drug-likeness (QED) is 0.0133. The third kappa shape index (κ3) is 74.2. The van der Waals surface area contributed by atoms with Gasteiger partial charge in [0.05, 0.1) is 56.9 Å². The molecule has 774 valence electrons. The molecule has 32 heteroatoms. The zero-order valence-corrected chi connectivity index (χ0v) is 93.0. The molecule has 27 nitrogen and oxygen atoms in total. The first kappa shape index (κ1) is 144. The van der Waals surface area contributed by atoms with Gasteiger partial charge in [0.2, 0.25) is 0 Å². The summed E-state index contributed by atoms with van der Waals surface area (Å²) < 4.78 is 0. The monoisotopic (exact) mass is 2830 g/mol. The van der Waals surface area contributed by atoms with E-state index in [4.69, 9.17) is 75.3 Å². The number of allylic oxidation sites excluding steroid dienone is 6. The molecule has 6 aromatic heterocycles. The Balaban J connectivity index is -0.000000225. The van der Waals surface area contributed by atoms with Gasteiger partial charge in [-0.3, -0.25) is 38.4 Å². The number of carboxylic acids is 6. The minimum atomic E-state index is -1.58. The zero-order chi connectivity index (χ0) is 104. The second-order valence-electron chi connectivity index (χ2n) is 29.7. The number of aliphatic carboxylic acids is 5. The molecule has 0 fully saturated rings. The summed E-state index contributed by atoms with van der Waals surface area (Å²) in [5, 5.41) is 91.9. The second-order valence-corrected chi connectivity index (χ2v) is 29.7. The minimum absolute atomic E-state index is 0. The number of pyridine rings is 6. The van der Waals surface area contributed by atoms with Gasteiger partial charge in [0, 0.05) is 143 Å². The first-order valence-corrected chi connectivity index (χ1v) is 41.5. The van der Waals surface area contributed by atoms with Crippen molar-refractivity contribution in [2.24, 2.45) is 10.8 Å². The van der Waals surface area contributed by atoms with Gasteiger partial charge in [-0.2, -0.15) is 27.7 Å². The number of phenols is 1. The maximum atomic E-state index is 10.4. The van der Waals surface area contributed by atoms with Crippen molar-refractivity contribution in [3.05, 3.63) is 394 Å². The molecule has 0 radical (unpaired) electrons. The van der Waals surface area contributed by atoms with Crippen molar-refractivity contribution in [2.75, 3.05) is 0 Å². The largest absolute Gasteiger partial charge is 0.512 e. The van der Waals surface area contributed by atoms with Crippen molar-refractivity contribution >= 4 is 58.9 Å². The molecular formula is C109H127N6O21Pt5-5. The minimum Gasteiger partial charge on any atom is -0.512 e. The molecule has 0 bridgehead atoms. The Morgan fingerprint density at radius 2 is 0.567 bits per heavy atom. The molecule has 0 aliphatic rings. The molecule has 0 aliphatic carbocycles. The normalized spacial score (nSPS) is 9.84. The van der Waals surface area contributed by atoms with Crippen LogP contribution in [0.4, 0.5) is 0 Å². The van der Waals surface area contributed by atoms with Gasteiger partial charge in [-0.15, -0.1) is 179 Å². The number of carbonyl (C=O) groups is 6. The van der Waals surface area contributed by atoms with E-state index in [1.807, 2.05) is 240 Å². The van der Waals surface area contributed by atoms with Crippen molar-refractivity contribution in [3.63, 3.8) is 0 Å². The molecular weight excluding hydrogens is 2700 g/mol. The Labute approximate surface area is 900 Å². The first-order chi connectivity index (χ1) is 63.9. The molecule has 12 aromatic rings. The van der Waals surface area contributed by atoms with Crippen molar-refractivity contribution in [3.8, 4) is 62.0 Å². The van der Waals surface area contributed by atoms with Gasteiger partial charge in [-0.25, -0.2) is 14.6 Å². The fourth-order valence-corrected chi connectivity index (χ4v) is 7.94. The molecule has 0 atom stereocenters. The molecule has 0 unspecified atom stereocenters. The molecule has 0 amide bonds. The Hall–Kier alpha value is -12.5. The Kier molecular flexibility index (Phi) is 86.2. The molecule has 6 aromatic carbocycles. The number of ketones is 4. The fourth-order valence-electron chi connectivity index (χ4n) is 7.94. The van der Waals surface area contributed by atoms with Crippen LogP contribution in [0.2, 0.25) is 0 Å². The standard InChI is InChI=1S/5C11H8N.C8H8O2.2C7H13O2.C6H5NO2.C6H10O2.2C5H8O2.C4H8O3.2C3H5O2.5Pt/c5*1-2-6-10(7-3-1)11-8-4-5-9-12-11;1-6(9)7-4-2-3-5-8(7)10;2*1-5(2)7(3,4)6(8)9;8-6(9)5-3-1-2-4-7-5;1-4(5(2)7)6(3)8;2*1-4(6)3-5(2)7;1-4(2,7)3(5)6;2*1-2-3(4)5;;;;;/h5*1-6,8-9H;2-5,10H,1H3;2*1-4H3,(H,8,9);1-4H,(H,8,9);7H,1-3H3;2*3,6H,1-2H3;7H,1-2H3,(H,5,6);2*1-2H2,(H,4,5);;;;;/q5*-1;;2*-1;;;;;;2*-1;;;;;/p+4. The summed E-state index contributed by atoms with van der Waals surface area (Å²) in [6.45, 7) is 35.0. The molecule has 12 rings (SSSR count). The maximum Gasteiger partial charge on any atom is 0.354 e. The van der Waals surface area contributed by atoms with E-state index in [0.717, 1.165) is 68.1 Å². The van der Waals surface area contributed by atoms with Crippen LogP contribution < -0.4 is 0 Å². The molecule has 0 spiro atoms. The number of para-hydroxylation sites is 1. The van der Waals surface area contributed by atoms with E-state index in [0.29, 0.717) is 11.1 Å². The number of carboxylic acid groups (broad SMARTS) is 6. The number of phenolic OH excluding ortho intramolecular Hbond substituents is 1. The number of hydrogen-bond donors (Lipinski definition) is 11. The van der Waals surface area contributed by atoms with Crippen LogP contribution in [0.1, 0.15) is 154 Å². The van der Waals surface area contributed by atoms with Gasteiger partial charge in [-0.05, 0) is 125 Å². The van der Waals surface area contributed by atoms with E-state index in [9.17, 15) is 28.8 Å². The van der Waals surface area contributed by atoms with Crippen molar-refractivity contribution in [2.45, 2.75) is 143 Å². The summed E-state index contributed by atoms with van der Waals surface area (Å²) >= 11 is 0. The van der Waals surface area contributed by atoms with Crippen LogP contribution in [0.15, 0.2) is 327 Å². The predicted molar refractivity (Wildman–Crippen MR) is 536 cm³/mol. The number of rotatable bonds is 17. The topological polar surface area (TPSA) is 488 Å². The van der Waals surface area contributed by atoms with E-state index < -0.39 is 52.2 Å². The molecule has 0 saturated carbocycles. The SMILES string of the molecule is CC(=[OH+])C(C)=C(C)O.CC(=[OH+])C=C(C)O.CC(=[OH+])C=C(C)O.CC(=[OH+])c1ccccc1O.CC(C)(O)C(=O)O.C[C-](C)C(C)(C)C(=O)O.C[C-](C)C(C)(C)C(=O)O.O=C(O)c1ccccn1.[CH2-]CC(=O)O.[CH2-]CC(=O)O.[Pt].[Pt].[Pt].[Pt].[Pt].[c-]1ccccc1-c1ccccn1.[c-]1ccccc1-c1ccccn1.[c-]1ccccc1-c1ccccn1.[c-]1ccccc1-c1ccccn1.[c-]1ccccc1-c1ccccn1. The van der Waals surface area contributed by atoms with Crippen LogP contribution in [0.25, 0.3) is 56.3 Å². The zero-order valence-electron chi connectivity index (χ0n) is 81.6. The summed E-state index contributed by atoms with van der Waals surface area (Å²) in [5.74, 6) is -2.48. The number of aromatic hydroxyl groups is 1. The van der Waals surface area contributed by atoms with Crippen LogP contribution in [0.3, 0.4) is 0 Å². The van der Waals surface area contributed by atoms with Crippen LogP contribution in [0, 0.1) is 66.8 Å². The van der Waals surface area contributed by atoms with E-state index in [2.05, 4.69) is 74.1 Å².